The molecule has 1 aromatic carbocycles. The van der Waals surface area contributed by atoms with Crippen molar-refractivity contribution in [2.45, 2.75) is 19.1 Å². The Bertz CT molecular complexity index is 549. The van der Waals surface area contributed by atoms with E-state index in [1.165, 1.54) is 0 Å². The van der Waals surface area contributed by atoms with E-state index in [0.717, 1.165) is 6.92 Å². The maximum absolute atomic E-state index is 13.5. The van der Waals surface area contributed by atoms with E-state index in [9.17, 15) is 27.2 Å². The van der Waals surface area contributed by atoms with Gasteiger partial charge in [-0.15, -0.1) is 0 Å². The van der Waals surface area contributed by atoms with Gasteiger partial charge in [0.1, 0.15) is 11.9 Å². The van der Waals surface area contributed by atoms with Gasteiger partial charge < -0.3 is 10.6 Å². The Balaban J connectivity index is 2.96. The first-order valence-electron chi connectivity index (χ1n) is 5.70. The third-order valence-corrected chi connectivity index (χ3v) is 2.79. The Labute approximate surface area is 123 Å². The molecule has 0 aliphatic rings. The SMILES string of the molecule is CC(=O)NC(CS)C(=O)Nc1cc(C(F)(F)F)ccc1F. The summed E-state index contributed by atoms with van der Waals surface area (Å²) in [6, 6.07) is 0.567. The van der Waals surface area contributed by atoms with Gasteiger partial charge in [-0.1, -0.05) is 0 Å². The molecule has 0 fully saturated rings. The van der Waals surface area contributed by atoms with E-state index in [-0.39, 0.29) is 5.75 Å². The number of thiol groups is 1. The Morgan fingerprint density at radius 3 is 2.43 bits per heavy atom. The van der Waals surface area contributed by atoms with Crippen molar-refractivity contribution in [2.75, 3.05) is 11.1 Å². The number of carbonyl (C=O) groups is 2. The van der Waals surface area contributed by atoms with Crippen LogP contribution in [0.4, 0.5) is 23.2 Å². The van der Waals surface area contributed by atoms with Gasteiger partial charge >= 0.3 is 6.18 Å². The van der Waals surface area contributed by atoms with Crippen LogP contribution in [-0.2, 0) is 15.8 Å². The van der Waals surface area contributed by atoms with Crippen molar-refractivity contribution >= 4 is 30.1 Å². The minimum absolute atomic E-state index is 0.0913. The van der Waals surface area contributed by atoms with E-state index < -0.39 is 41.1 Å². The molecule has 21 heavy (non-hydrogen) atoms. The molecular formula is C12H12F4N2O2S. The lowest BCUT2D eigenvalue weighted by Crippen LogP contribution is -2.44. The van der Waals surface area contributed by atoms with Crippen molar-refractivity contribution in [3.05, 3.63) is 29.6 Å². The molecule has 0 aliphatic carbocycles. The first-order chi connectivity index (χ1) is 9.65. The van der Waals surface area contributed by atoms with Crippen molar-refractivity contribution in [1.82, 2.24) is 5.32 Å². The zero-order valence-electron chi connectivity index (χ0n) is 10.8. The molecule has 0 bridgehead atoms. The highest BCUT2D eigenvalue weighted by atomic mass is 32.1. The molecule has 0 saturated heterocycles. The fraction of sp³-hybridized carbons (Fsp3) is 0.333. The van der Waals surface area contributed by atoms with Crippen LogP contribution in [0.25, 0.3) is 0 Å². The number of nitrogens with one attached hydrogen (secondary N) is 2. The van der Waals surface area contributed by atoms with Crippen LogP contribution in [0.5, 0.6) is 0 Å². The largest absolute Gasteiger partial charge is 0.416 e. The third kappa shape index (κ3) is 4.92. The smallest absolute Gasteiger partial charge is 0.344 e. The summed E-state index contributed by atoms with van der Waals surface area (Å²) in [7, 11) is 0. The highest BCUT2D eigenvalue weighted by Gasteiger charge is 2.31. The first kappa shape index (κ1) is 17.3. The molecule has 0 aliphatic heterocycles. The molecule has 0 spiro atoms. The predicted octanol–water partition coefficient (Wildman–Crippen LogP) is 2.22. The van der Waals surface area contributed by atoms with Crippen LogP contribution in [-0.4, -0.2) is 23.6 Å². The Kier molecular flexibility index (Phi) is 5.59. The minimum atomic E-state index is -4.66. The molecule has 0 radical (unpaired) electrons. The van der Waals surface area contributed by atoms with Gasteiger partial charge in [-0.05, 0) is 18.2 Å². The lowest BCUT2D eigenvalue weighted by atomic mass is 10.1. The number of carbonyl (C=O) groups excluding carboxylic acids is 2. The van der Waals surface area contributed by atoms with E-state index in [0.29, 0.717) is 18.2 Å². The second-order valence-electron chi connectivity index (χ2n) is 4.12. The monoisotopic (exact) mass is 324 g/mol. The number of alkyl halides is 3. The van der Waals surface area contributed by atoms with E-state index >= 15 is 0 Å². The topological polar surface area (TPSA) is 58.2 Å². The molecule has 0 saturated carbocycles. The molecule has 2 amide bonds. The van der Waals surface area contributed by atoms with Gasteiger partial charge in [0.2, 0.25) is 11.8 Å². The fourth-order valence-electron chi connectivity index (χ4n) is 1.46. The summed E-state index contributed by atoms with van der Waals surface area (Å²) < 4.78 is 51.0. The van der Waals surface area contributed by atoms with Crippen molar-refractivity contribution in [1.29, 1.82) is 0 Å². The number of hydrogen-bond donors (Lipinski definition) is 3. The maximum Gasteiger partial charge on any atom is 0.416 e. The molecule has 2 N–H and O–H groups in total. The average Bonchev–Trinajstić information content (AvgIpc) is 2.36. The van der Waals surface area contributed by atoms with Crippen LogP contribution in [0, 0.1) is 5.82 Å². The quantitative estimate of drug-likeness (QED) is 0.587. The van der Waals surface area contributed by atoms with E-state index in [1.54, 1.807) is 0 Å². The molecular weight excluding hydrogens is 312 g/mol. The minimum Gasteiger partial charge on any atom is -0.344 e. The molecule has 0 aromatic heterocycles. The second kappa shape index (κ2) is 6.79. The molecule has 0 heterocycles. The third-order valence-electron chi connectivity index (χ3n) is 2.43. The van der Waals surface area contributed by atoms with Crippen LogP contribution in [0.1, 0.15) is 12.5 Å². The van der Waals surface area contributed by atoms with E-state index in [4.69, 9.17) is 0 Å². The molecule has 1 rings (SSSR count). The lowest BCUT2D eigenvalue weighted by molar-refractivity contribution is -0.137. The predicted molar refractivity (Wildman–Crippen MR) is 71.5 cm³/mol. The number of hydrogen-bond acceptors (Lipinski definition) is 3. The molecule has 1 atom stereocenters. The van der Waals surface area contributed by atoms with Gasteiger partial charge in [-0.25, -0.2) is 4.39 Å². The highest BCUT2D eigenvalue weighted by Crippen LogP contribution is 2.31. The number of amides is 2. The van der Waals surface area contributed by atoms with Crippen molar-refractivity contribution in [3.8, 4) is 0 Å². The summed E-state index contributed by atoms with van der Waals surface area (Å²) in [4.78, 5) is 22.6. The van der Waals surface area contributed by atoms with Crippen molar-refractivity contribution < 1.29 is 27.2 Å². The highest BCUT2D eigenvalue weighted by molar-refractivity contribution is 7.80. The van der Waals surface area contributed by atoms with E-state index in [2.05, 4.69) is 17.9 Å². The number of rotatable bonds is 4. The van der Waals surface area contributed by atoms with Gasteiger partial charge in [0.05, 0.1) is 11.3 Å². The number of anilines is 1. The normalized spacial score (nSPS) is 12.7. The summed E-state index contributed by atoms with van der Waals surface area (Å²) in [5, 5.41) is 4.24. The van der Waals surface area contributed by atoms with Gasteiger partial charge in [-0.2, -0.15) is 25.8 Å². The Hall–Kier alpha value is -1.77. The summed E-state index contributed by atoms with van der Waals surface area (Å²) in [6.07, 6.45) is -4.66. The van der Waals surface area contributed by atoms with Crippen molar-refractivity contribution in [3.63, 3.8) is 0 Å². The second-order valence-corrected chi connectivity index (χ2v) is 4.48. The van der Waals surface area contributed by atoms with Gasteiger partial charge in [0, 0.05) is 12.7 Å². The molecule has 9 heteroatoms. The van der Waals surface area contributed by atoms with E-state index in [1.807, 2.05) is 5.32 Å². The molecule has 1 aromatic rings. The number of benzene rings is 1. The maximum atomic E-state index is 13.5. The van der Waals surface area contributed by atoms with Crippen LogP contribution < -0.4 is 10.6 Å². The van der Waals surface area contributed by atoms with Crippen LogP contribution >= 0.6 is 12.6 Å². The zero-order chi connectivity index (χ0) is 16.2. The van der Waals surface area contributed by atoms with Gasteiger partial charge in [0.25, 0.3) is 0 Å². The summed E-state index contributed by atoms with van der Waals surface area (Å²) >= 11 is 3.84. The van der Waals surface area contributed by atoms with Crippen LogP contribution in [0.2, 0.25) is 0 Å². The fourth-order valence-corrected chi connectivity index (χ4v) is 1.71. The Morgan fingerprint density at radius 1 is 1.33 bits per heavy atom. The molecule has 1 unspecified atom stereocenters. The standard InChI is InChI=1S/C12H12F4N2O2S/c1-6(19)17-10(5-21)11(20)18-9-4-7(12(14,15)16)2-3-8(9)13/h2-4,10,21H,5H2,1H3,(H,17,19)(H,18,20). The van der Waals surface area contributed by atoms with Crippen LogP contribution in [0.15, 0.2) is 18.2 Å². The van der Waals surface area contributed by atoms with Crippen molar-refractivity contribution in [2.24, 2.45) is 0 Å². The van der Waals surface area contributed by atoms with Gasteiger partial charge in [0.15, 0.2) is 0 Å². The summed E-state index contributed by atoms with van der Waals surface area (Å²) in [5.74, 6) is -2.49. The molecule has 4 nitrogen and oxygen atoms in total. The first-order valence-corrected chi connectivity index (χ1v) is 6.34. The number of halogens is 4. The summed E-state index contributed by atoms with van der Waals surface area (Å²) in [6.45, 7) is 1.16. The summed E-state index contributed by atoms with van der Waals surface area (Å²) in [5.41, 5.74) is -1.71. The molecule has 116 valence electrons. The average molecular weight is 324 g/mol. The zero-order valence-corrected chi connectivity index (χ0v) is 11.7. The van der Waals surface area contributed by atoms with Crippen LogP contribution in [0.3, 0.4) is 0 Å². The van der Waals surface area contributed by atoms with Gasteiger partial charge in [-0.3, -0.25) is 9.59 Å². The Morgan fingerprint density at radius 2 is 1.95 bits per heavy atom. The lowest BCUT2D eigenvalue weighted by Gasteiger charge is -2.16.